The molecule has 0 bridgehead atoms. The zero-order valence-corrected chi connectivity index (χ0v) is 21.2. The number of hydrogen-bond donors (Lipinski definition) is 6. The Morgan fingerprint density at radius 2 is 1.85 bits per heavy atom. The quantitative estimate of drug-likeness (QED) is 0.235. The van der Waals surface area contributed by atoms with Crippen LogP contribution in [0.3, 0.4) is 0 Å². The number of phenolic OH excluding ortho intramolecular Hbond substituents is 2. The molecule has 2 aromatic carbocycles. The van der Waals surface area contributed by atoms with Gasteiger partial charge in [0.25, 0.3) is 0 Å². The lowest BCUT2D eigenvalue weighted by Gasteiger charge is -2.42. The van der Waals surface area contributed by atoms with E-state index in [1.54, 1.807) is 6.92 Å². The second-order valence-corrected chi connectivity index (χ2v) is 10.2. The van der Waals surface area contributed by atoms with Gasteiger partial charge in [-0.1, -0.05) is 12.1 Å². The number of aliphatic hydroxyl groups is 3. The SMILES string of the molecule is COc1cccc2c1C(=O)c1c(O)c3c(c(O)c1C2=O)CC(O)(C(=O)CO)CC3O[C@H]1C[C@H](N)[C@@H](O)[C@@H](C)O1. The molecule has 0 aromatic heterocycles. The summed E-state index contributed by atoms with van der Waals surface area (Å²) in [5.74, 6) is -3.77. The van der Waals surface area contributed by atoms with Crippen molar-refractivity contribution < 1.29 is 54.1 Å². The summed E-state index contributed by atoms with van der Waals surface area (Å²) >= 11 is 0. The van der Waals surface area contributed by atoms with E-state index in [1.165, 1.54) is 25.3 Å². The van der Waals surface area contributed by atoms with Crippen LogP contribution in [-0.4, -0.2) is 86.7 Å². The zero-order valence-electron chi connectivity index (χ0n) is 21.2. The first-order chi connectivity index (χ1) is 18.4. The molecule has 12 heteroatoms. The predicted molar refractivity (Wildman–Crippen MR) is 132 cm³/mol. The molecule has 0 amide bonds. The largest absolute Gasteiger partial charge is 0.507 e. The third-order valence-electron chi connectivity index (χ3n) is 7.81. The van der Waals surface area contributed by atoms with Gasteiger partial charge in [-0.05, 0) is 13.0 Å². The first-order valence-corrected chi connectivity index (χ1v) is 12.4. The van der Waals surface area contributed by atoms with Crippen molar-refractivity contribution >= 4 is 17.3 Å². The first kappa shape index (κ1) is 27.2. The van der Waals surface area contributed by atoms with Crippen molar-refractivity contribution in [1.29, 1.82) is 0 Å². The van der Waals surface area contributed by atoms with Gasteiger partial charge in [-0.25, -0.2) is 0 Å². The van der Waals surface area contributed by atoms with Crippen LogP contribution in [0.15, 0.2) is 18.2 Å². The lowest BCUT2D eigenvalue weighted by molar-refractivity contribution is -0.247. The van der Waals surface area contributed by atoms with E-state index in [-0.39, 0.29) is 34.4 Å². The Kier molecular flexibility index (Phi) is 6.74. The molecule has 6 atom stereocenters. The number of carbonyl (C=O) groups excluding carboxylic acids is 3. The van der Waals surface area contributed by atoms with Gasteiger partial charge in [-0.15, -0.1) is 0 Å². The van der Waals surface area contributed by atoms with E-state index in [4.69, 9.17) is 19.9 Å². The lowest BCUT2D eigenvalue weighted by atomic mass is 9.72. The molecule has 0 saturated carbocycles. The van der Waals surface area contributed by atoms with Crippen LogP contribution >= 0.6 is 0 Å². The van der Waals surface area contributed by atoms with Crippen LogP contribution in [0.4, 0.5) is 0 Å². The summed E-state index contributed by atoms with van der Waals surface area (Å²) in [4.78, 5) is 39.7. The highest BCUT2D eigenvalue weighted by Gasteiger charge is 2.50. The molecule has 7 N–H and O–H groups in total. The smallest absolute Gasteiger partial charge is 0.202 e. The fourth-order valence-corrected chi connectivity index (χ4v) is 5.75. The van der Waals surface area contributed by atoms with Gasteiger partial charge in [0.15, 0.2) is 17.9 Å². The van der Waals surface area contributed by atoms with Crippen molar-refractivity contribution in [2.24, 2.45) is 5.73 Å². The molecule has 2 aromatic rings. The van der Waals surface area contributed by atoms with E-state index in [9.17, 15) is 39.9 Å². The van der Waals surface area contributed by atoms with Gasteiger partial charge >= 0.3 is 0 Å². The number of carbonyl (C=O) groups is 3. The van der Waals surface area contributed by atoms with Crippen molar-refractivity contribution in [3.05, 3.63) is 51.6 Å². The molecule has 208 valence electrons. The number of rotatable bonds is 5. The molecule has 2 aliphatic carbocycles. The Bertz CT molecular complexity index is 1380. The molecule has 0 radical (unpaired) electrons. The average Bonchev–Trinajstić information content (AvgIpc) is 2.90. The second kappa shape index (κ2) is 9.66. The normalized spacial score (nSPS) is 29.8. The van der Waals surface area contributed by atoms with Gasteiger partial charge < -0.3 is 45.5 Å². The number of Topliss-reactive ketones (excluding diaryl/α,β-unsaturated/α-hetero) is 1. The van der Waals surface area contributed by atoms with Crippen molar-refractivity contribution in [3.63, 3.8) is 0 Å². The van der Waals surface area contributed by atoms with Crippen LogP contribution in [0, 0.1) is 0 Å². The topological polar surface area (TPSA) is 206 Å². The van der Waals surface area contributed by atoms with Gasteiger partial charge in [-0.3, -0.25) is 14.4 Å². The van der Waals surface area contributed by atoms with E-state index in [1.807, 2.05) is 0 Å². The van der Waals surface area contributed by atoms with Crippen molar-refractivity contribution in [1.82, 2.24) is 0 Å². The van der Waals surface area contributed by atoms with Crippen LogP contribution in [0.5, 0.6) is 17.2 Å². The molecule has 3 aliphatic rings. The lowest BCUT2D eigenvalue weighted by Crippen LogP contribution is -2.53. The number of nitrogens with two attached hydrogens (primary N) is 1. The minimum absolute atomic E-state index is 0.0173. The van der Waals surface area contributed by atoms with Crippen LogP contribution < -0.4 is 10.5 Å². The van der Waals surface area contributed by atoms with Gasteiger partial charge in [-0.2, -0.15) is 0 Å². The van der Waals surface area contributed by atoms with E-state index in [0.29, 0.717) is 0 Å². The summed E-state index contributed by atoms with van der Waals surface area (Å²) in [6, 6.07) is 3.64. The maximum atomic E-state index is 13.6. The number of fused-ring (bicyclic) bond motifs is 3. The standard InChI is InChI=1S/C27H29NO11/c1-10-22(31)13(28)6-17(38-10)39-15-8-27(36,16(30)9-29)7-12-19(15)26(35)21-20(24(12)33)23(32)11-4-3-5-14(37-2)18(11)25(21)34/h3-5,10,13,15,17,22,29,31,33,35-36H,6-9,28H2,1-2H3/t10-,13+,15?,17+,22+,27?/m1/s1. The van der Waals surface area contributed by atoms with Crippen molar-refractivity contribution in [2.75, 3.05) is 13.7 Å². The fraction of sp³-hybridized carbons (Fsp3) is 0.444. The van der Waals surface area contributed by atoms with Crippen LogP contribution in [0.1, 0.15) is 68.8 Å². The van der Waals surface area contributed by atoms with Crippen molar-refractivity contribution in [2.45, 2.75) is 62.4 Å². The number of ether oxygens (including phenoxy) is 3. The molecule has 1 aliphatic heterocycles. The molecular weight excluding hydrogens is 514 g/mol. The van der Waals surface area contributed by atoms with Crippen LogP contribution in [0.25, 0.3) is 0 Å². The number of methoxy groups -OCH3 is 1. The first-order valence-electron chi connectivity index (χ1n) is 12.4. The van der Waals surface area contributed by atoms with Gasteiger partial charge in [0.05, 0.1) is 42.1 Å². The highest BCUT2D eigenvalue weighted by molar-refractivity contribution is 6.31. The molecule has 1 fully saturated rings. The molecule has 39 heavy (non-hydrogen) atoms. The Labute approximate surface area is 222 Å². The summed E-state index contributed by atoms with van der Waals surface area (Å²) in [5, 5.41) is 53.7. The Morgan fingerprint density at radius 1 is 1.15 bits per heavy atom. The second-order valence-electron chi connectivity index (χ2n) is 10.2. The van der Waals surface area contributed by atoms with Crippen LogP contribution in [-0.2, 0) is 20.7 Å². The number of phenols is 2. The maximum absolute atomic E-state index is 13.6. The Morgan fingerprint density at radius 3 is 2.49 bits per heavy atom. The average molecular weight is 544 g/mol. The molecule has 5 rings (SSSR count). The molecule has 1 saturated heterocycles. The minimum atomic E-state index is -2.24. The predicted octanol–water partition coefficient (Wildman–Crippen LogP) is 0.00130. The van der Waals surface area contributed by atoms with E-state index in [0.717, 1.165) is 0 Å². The minimum Gasteiger partial charge on any atom is -0.507 e. The third kappa shape index (κ3) is 4.11. The summed E-state index contributed by atoms with van der Waals surface area (Å²) < 4.78 is 17.0. The summed E-state index contributed by atoms with van der Waals surface area (Å²) in [5.41, 5.74) is 2.37. The van der Waals surface area contributed by atoms with Crippen LogP contribution in [0.2, 0.25) is 0 Å². The summed E-state index contributed by atoms with van der Waals surface area (Å²) in [6.45, 7) is 0.560. The molecule has 12 nitrogen and oxygen atoms in total. The van der Waals surface area contributed by atoms with E-state index >= 15 is 0 Å². The van der Waals surface area contributed by atoms with E-state index in [2.05, 4.69) is 0 Å². The zero-order chi connectivity index (χ0) is 28.4. The number of ketones is 3. The number of benzene rings is 2. The number of aliphatic hydroxyl groups excluding tert-OH is 2. The Balaban J connectivity index is 1.69. The van der Waals surface area contributed by atoms with Gasteiger partial charge in [0.2, 0.25) is 5.78 Å². The summed E-state index contributed by atoms with van der Waals surface area (Å²) in [6.07, 6.45) is -5.12. The van der Waals surface area contributed by atoms with Gasteiger partial charge in [0, 0.05) is 42.0 Å². The maximum Gasteiger partial charge on any atom is 0.202 e. The number of aromatic hydroxyl groups is 2. The highest BCUT2D eigenvalue weighted by Crippen LogP contribution is 2.52. The molecular formula is C27H29NO11. The summed E-state index contributed by atoms with van der Waals surface area (Å²) in [7, 11) is 1.32. The molecule has 1 heterocycles. The van der Waals surface area contributed by atoms with Crippen molar-refractivity contribution in [3.8, 4) is 17.2 Å². The van der Waals surface area contributed by atoms with Gasteiger partial charge in [0.1, 0.15) is 29.5 Å². The number of hydrogen-bond acceptors (Lipinski definition) is 12. The monoisotopic (exact) mass is 543 g/mol. The third-order valence-corrected chi connectivity index (χ3v) is 7.81. The van der Waals surface area contributed by atoms with E-state index < -0.39 is 95.7 Å². The fourth-order valence-electron chi connectivity index (χ4n) is 5.75. The molecule has 2 unspecified atom stereocenters. The molecule has 0 spiro atoms. The Hall–Kier alpha value is -3.39. The highest BCUT2D eigenvalue weighted by atomic mass is 16.7.